The van der Waals surface area contributed by atoms with Crippen molar-refractivity contribution in [2.24, 2.45) is 0 Å². The van der Waals surface area contributed by atoms with Gasteiger partial charge in [-0.25, -0.2) is 10.4 Å². The van der Waals surface area contributed by atoms with Crippen LogP contribution in [-0.4, -0.2) is 99.6 Å². The molecular weight excluding hydrogens is 622 g/mol. The van der Waals surface area contributed by atoms with E-state index in [4.69, 9.17) is 4.74 Å². The molecule has 5 heterocycles. The smallest absolute Gasteiger partial charge is 0.276 e. The first-order valence-corrected chi connectivity index (χ1v) is 15.5. The molecule has 0 spiro atoms. The molecule has 48 heavy (non-hydrogen) atoms. The van der Waals surface area contributed by atoms with Crippen LogP contribution in [0.25, 0.3) is 43.6 Å². The average Bonchev–Trinajstić information content (AvgIpc) is 3.69. The Morgan fingerprint density at radius 2 is 1.62 bits per heavy atom. The maximum atomic E-state index is 14.3. The molecule has 1 saturated heterocycles. The van der Waals surface area contributed by atoms with Crippen LogP contribution in [0.4, 0.5) is 0 Å². The number of aliphatic hydroxyl groups is 4. The summed E-state index contributed by atoms with van der Waals surface area (Å²) in [7, 11) is 0. The molecule has 0 saturated carbocycles. The van der Waals surface area contributed by atoms with Crippen LogP contribution >= 0.6 is 0 Å². The Morgan fingerprint density at radius 3 is 2.35 bits per heavy atom. The van der Waals surface area contributed by atoms with Gasteiger partial charge in [-0.3, -0.25) is 14.6 Å². The number of hydrogen-bond acceptors (Lipinski definition) is 11. The van der Waals surface area contributed by atoms with E-state index >= 15 is 0 Å². The number of aliphatic hydroxyl groups excluding tert-OH is 4. The molecule has 0 bridgehead atoms. The predicted octanol–water partition coefficient (Wildman–Crippen LogP) is 1.94. The number of aromatic amines is 1. The fourth-order valence-corrected chi connectivity index (χ4v) is 7.15. The van der Waals surface area contributed by atoms with Crippen molar-refractivity contribution < 1.29 is 45.0 Å². The van der Waals surface area contributed by atoms with Gasteiger partial charge in [0.2, 0.25) is 0 Å². The third-order valence-electron chi connectivity index (χ3n) is 9.35. The third-order valence-corrected chi connectivity index (χ3v) is 9.35. The van der Waals surface area contributed by atoms with E-state index < -0.39 is 49.1 Å². The molecule has 246 valence electrons. The van der Waals surface area contributed by atoms with Crippen LogP contribution in [0.5, 0.6) is 11.5 Å². The molecule has 2 aliphatic rings. The van der Waals surface area contributed by atoms with Gasteiger partial charge in [-0.1, -0.05) is 6.07 Å². The van der Waals surface area contributed by atoms with E-state index in [0.717, 1.165) is 10.6 Å². The number of hydrazine groups is 1. The van der Waals surface area contributed by atoms with Crippen molar-refractivity contribution in [2.75, 3.05) is 13.2 Å². The van der Waals surface area contributed by atoms with Crippen molar-refractivity contribution in [3.8, 4) is 11.5 Å². The molecule has 8 rings (SSSR count). The molecule has 0 radical (unpaired) electrons. The summed E-state index contributed by atoms with van der Waals surface area (Å²) in [5.74, 6) is -1.38. The summed E-state index contributed by atoms with van der Waals surface area (Å²) in [6, 6.07) is 12.8. The van der Waals surface area contributed by atoms with E-state index in [9.17, 15) is 40.2 Å². The number of amides is 2. The number of rotatable bonds is 7. The van der Waals surface area contributed by atoms with Gasteiger partial charge < -0.3 is 44.9 Å². The number of nitrogens with zero attached hydrogens (tertiary/aromatic N) is 3. The Hall–Kier alpha value is -5.09. The monoisotopic (exact) mass is 653 g/mol. The Kier molecular flexibility index (Phi) is 7.10. The van der Waals surface area contributed by atoms with Gasteiger partial charge in [-0.15, -0.1) is 0 Å². The summed E-state index contributed by atoms with van der Waals surface area (Å²) in [4.78, 5) is 36.0. The standard InChI is InChI=1S/C34H31N5O9/c40-14-22-29(43)30(44)31(45)34(48-22)38-21-12-17(42)6-8-19(21)24-26-25(23-18-7-5-16(41)11-20(18)37-27(23)28(24)38)32(46)39(33(26)47)36-10-2-4-15-3-1-9-35-13-15/h1,3,5-9,11-13,22,29-31,34,36-37,40-45H,2,4,10,14H2/t22-,29-,30+,31-,34?/m0/s1. The topological polar surface area (TPSA) is 214 Å². The highest BCUT2D eigenvalue weighted by Gasteiger charge is 2.47. The van der Waals surface area contributed by atoms with Crippen molar-refractivity contribution >= 4 is 55.4 Å². The second kappa shape index (κ2) is 11.3. The third kappa shape index (κ3) is 4.38. The Morgan fingerprint density at radius 1 is 0.896 bits per heavy atom. The van der Waals surface area contributed by atoms with Crippen molar-refractivity contribution in [1.82, 2.24) is 25.0 Å². The van der Waals surface area contributed by atoms with Gasteiger partial charge in [0, 0.05) is 52.6 Å². The molecular formula is C34H31N5O9. The number of aromatic nitrogens is 3. The Bertz CT molecular complexity index is 2260. The van der Waals surface area contributed by atoms with Crippen LogP contribution in [0, 0.1) is 0 Å². The van der Waals surface area contributed by atoms with Crippen molar-refractivity contribution in [1.29, 1.82) is 0 Å². The van der Waals surface area contributed by atoms with Gasteiger partial charge in [0.05, 0.1) is 39.8 Å². The number of aryl methyl sites for hydroxylation is 1. The second-order valence-corrected chi connectivity index (χ2v) is 12.2. The number of hydrogen-bond donors (Lipinski definition) is 8. The number of pyridine rings is 1. The van der Waals surface area contributed by atoms with E-state index in [0.29, 0.717) is 57.5 Å². The highest BCUT2D eigenvalue weighted by atomic mass is 16.6. The summed E-state index contributed by atoms with van der Waals surface area (Å²) in [5, 5.41) is 66.1. The number of carbonyl (C=O) groups excluding carboxylic acids is 2. The normalized spacial score (nSPS) is 22.9. The highest BCUT2D eigenvalue weighted by molar-refractivity contribution is 6.39. The first-order valence-electron chi connectivity index (χ1n) is 15.5. The minimum Gasteiger partial charge on any atom is -0.508 e. The molecule has 5 atom stereocenters. The average molecular weight is 654 g/mol. The number of phenols is 2. The lowest BCUT2D eigenvalue weighted by molar-refractivity contribution is -0.249. The van der Waals surface area contributed by atoms with E-state index in [-0.39, 0.29) is 28.1 Å². The van der Waals surface area contributed by atoms with Gasteiger partial charge in [-0.2, -0.15) is 0 Å². The molecule has 3 aromatic carbocycles. The Balaban J connectivity index is 1.37. The van der Waals surface area contributed by atoms with E-state index in [1.807, 2.05) is 12.1 Å². The van der Waals surface area contributed by atoms with Crippen LogP contribution in [0.15, 0.2) is 60.9 Å². The van der Waals surface area contributed by atoms with Crippen molar-refractivity contribution in [2.45, 2.75) is 43.5 Å². The van der Waals surface area contributed by atoms with E-state index in [1.54, 1.807) is 24.5 Å². The number of fused-ring (bicyclic) bond motifs is 10. The fourth-order valence-electron chi connectivity index (χ4n) is 7.15. The lowest BCUT2D eigenvalue weighted by atomic mass is 9.96. The quantitative estimate of drug-likeness (QED) is 0.0921. The molecule has 14 nitrogen and oxygen atoms in total. The van der Waals surface area contributed by atoms with Gasteiger partial charge in [0.15, 0.2) is 6.23 Å². The van der Waals surface area contributed by atoms with Crippen LogP contribution in [0.1, 0.15) is 38.9 Å². The van der Waals surface area contributed by atoms with E-state index in [2.05, 4.69) is 15.4 Å². The summed E-state index contributed by atoms with van der Waals surface area (Å²) in [6.07, 6.45) is -3.01. The minimum absolute atomic E-state index is 0.0411. The summed E-state index contributed by atoms with van der Waals surface area (Å²) >= 11 is 0. The number of nitrogens with one attached hydrogen (secondary N) is 2. The molecule has 8 N–H and O–H groups in total. The van der Waals surface area contributed by atoms with Gasteiger partial charge in [0.1, 0.15) is 35.9 Å². The number of aromatic hydroxyl groups is 2. The van der Waals surface area contributed by atoms with Crippen LogP contribution in [0.2, 0.25) is 0 Å². The zero-order valence-electron chi connectivity index (χ0n) is 25.2. The number of carbonyl (C=O) groups is 2. The second-order valence-electron chi connectivity index (χ2n) is 12.2. The number of imide groups is 1. The largest absolute Gasteiger partial charge is 0.508 e. The molecule has 1 unspecified atom stereocenters. The number of phenolic OH excluding ortho intramolecular Hbond substituents is 2. The summed E-state index contributed by atoms with van der Waals surface area (Å²) in [5.41, 5.74) is 5.61. The number of ether oxygens (including phenoxy) is 1. The lowest BCUT2D eigenvalue weighted by Crippen LogP contribution is -2.56. The molecule has 2 amide bonds. The summed E-state index contributed by atoms with van der Waals surface area (Å²) in [6.45, 7) is -0.371. The molecule has 0 aliphatic carbocycles. The maximum absolute atomic E-state index is 14.3. The molecule has 2 aliphatic heterocycles. The molecule has 3 aromatic heterocycles. The van der Waals surface area contributed by atoms with Gasteiger partial charge in [-0.05, 0) is 48.7 Å². The molecule has 14 heteroatoms. The minimum atomic E-state index is -1.72. The lowest BCUT2D eigenvalue weighted by Gasteiger charge is -2.41. The molecule has 1 fully saturated rings. The predicted molar refractivity (Wildman–Crippen MR) is 172 cm³/mol. The van der Waals surface area contributed by atoms with Crippen molar-refractivity contribution in [3.63, 3.8) is 0 Å². The van der Waals surface area contributed by atoms with Gasteiger partial charge in [0.25, 0.3) is 11.8 Å². The van der Waals surface area contributed by atoms with Crippen molar-refractivity contribution in [3.05, 3.63) is 77.6 Å². The fraction of sp³-hybridized carbons (Fsp3) is 0.265. The zero-order valence-corrected chi connectivity index (χ0v) is 25.2. The molecule has 6 aromatic rings. The first kappa shape index (κ1) is 30.3. The first-order chi connectivity index (χ1) is 23.2. The van der Waals surface area contributed by atoms with Crippen LogP contribution in [0.3, 0.4) is 0 Å². The Labute approximate surface area is 271 Å². The van der Waals surface area contributed by atoms with Gasteiger partial charge >= 0.3 is 0 Å². The van der Waals surface area contributed by atoms with Crippen LogP contribution in [-0.2, 0) is 11.2 Å². The zero-order chi connectivity index (χ0) is 33.4. The SMILES string of the molecule is O=C1c2c(c3c4ccc(O)cc4n(C4O[C@@H](CO)[C@H](O)[C@@H](O)[C@@H]4O)c3c3[nH]c4cc(O)ccc4c23)C(=O)N1NCCCc1cccnc1. The highest BCUT2D eigenvalue weighted by Crippen LogP contribution is 2.47. The summed E-state index contributed by atoms with van der Waals surface area (Å²) < 4.78 is 7.49. The number of H-pyrrole nitrogens is 1. The van der Waals surface area contributed by atoms with Crippen LogP contribution < -0.4 is 5.43 Å². The number of benzene rings is 3. The van der Waals surface area contributed by atoms with E-state index in [1.165, 1.54) is 28.8 Å². The maximum Gasteiger partial charge on any atom is 0.276 e.